The van der Waals surface area contributed by atoms with Crippen LogP contribution in [0.15, 0.2) is 24.3 Å². The Morgan fingerprint density at radius 3 is 2.61 bits per heavy atom. The summed E-state index contributed by atoms with van der Waals surface area (Å²) in [5.74, 6) is -2.52. The van der Waals surface area contributed by atoms with Gasteiger partial charge in [0.15, 0.2) is 0 Å². The van der Waals surface area contributed by atoms with E-state index in [-0.39, 0.29) is 37.4 Å². The highest BCUT2D eigenvalue weighted by atomic mass is 19.4. The minimum atomic E-state index is -4.46. The van der Waals surface area contributed by atoms with Gasteiger partial charge in [-0.25, -0.2) is 0 Å². The zero-order valence-electron chi connectivity index (χ0n) is 15.0. The Morgan fingerprint density at radius 2 is 1.96 bits per heavy atom. The van der Waals surface area contributed by atoms with Crippen molar-refractivity contribution in [2.24, 2.45) is 11.8 Å². The van der Waals surface area contributed by atoms with E-state index in [1.807, 2.05) is 0 Å². The van der Waals surface area contributed by atoms with Crippen molar-refractivity contribution in [1.29, 1.82) is 0 Å². The van der Waals surface area contributed by atoms with Crippen LogP contribution in [0.3, 0.4) is 0 Å². The quantitative estimate of drug-likeness (QED) is 0.798. The van der Waals surface area contributed by atoms with Crippen LogP contribution in [0.4, 0.5) is 13.2 Å². The second kappa shape index (κ2) is 7.81. The molecule has 1 heterocycles. The van der Waals surface area contributed by atoms with Crippen LogP contribution in [0.2, 0.25) is 0 Å². The maximum atomic E-state index is 12.8. The van der Waals surface area contributed by atoms with Crippen LogP contribution in [-0.2, 0) is 27.1 Å². The van der Waals surface area contributed by atoms with Crippen LogP contribution in [-0.4, -0.2) is 40.4 Å². The summed E-state index contributed by atoms with van der Waals surface area (Å²) in [4.78, 5) is 37.0. The molecular weight excluding hydrogens is 377 g/mol. The van der Waals surface area contributed by atoms with Crippen molar-refractivity contribution in [3.63, 3.8) is 0 Å². The van der Waals surface area contributed by atoms with Gasteiger partial charge in [-0.05, 0) is 37.0 Å². The molecule has 6 nitrogen and oxygen atoms in total. The van der Waals surface area contributed by atoms with Crippen molar-refractivity contribution < 1.29 is 32.7 Å². The van der Waals surface area contributed by atoms with Crippen LogP contribution in [0.1, 0.15) is 36.8 Å². The average Bonchev–Trinajstić information content (AvgIpc) is 3.22. The number of amides is 2. The van der Waals surface area contributed by atoms with Crippen LogP contribution in [0, 0.1) is 11.8 Å². The molecule has 1 aliphatic heterocycles. The number of carbonyl (C=O) groups excluding carboxylic acids is 2. The Labute approximate surface area is 159 Å². The number of carboxylic acid groups (broad SMARTS) is 1. The summed E-state index contributed by atoms with van der Waals surface area (Å²) in [7, 11) is 0. The Balaban J connectivity index is 1.56. The maximum Gasteiger partial charge on any atom is 0.416 e. The third-order valence-electron chi connectivity index (χ3n) is 5.34. The van der Waals surface area contributed by atoms with Crippen molar-refractivity contribution >= 4 is 17.8 Å². The van der Waals surface area contributed by atoms with Crippen molar-refractivity contribution in [1.82, 2.24) is 10.2 Å². The zero-order chi connectivity index (χ0) is 20.5. The summed E-state index contributed by atoms with van der Waals surface area (Å²) in [6.45, 7) is 0.146. The third kappa shape index (κ3) is 4.63. The smallest absolute Gasteiger partial charge is 0.416 e. The highest BCUT2D eigenvalue weighted by Gasteiger charge is 2.37. The topological polar surface area (TPSA) is 86.7 Å². The molecule has 152 valence electrons. The number of likely N-dealkylation sites (tertiary alicyclic amines) is 1. The van der Waals surface area contributed by atoms with Gasteiger partial charge < -0.3 is 15.3 Å². The number of alkyl halides is 3. The predicted octanol–water partition coefficient (Wildman–Crippen LogP) is 2.42. The van der Waals surface area contributed by atoms with Crippen LogP contribution < -0.4 is 5.32 Å². The lowest BCUT2D eigenvalue weighted by molar-refractivity contribution is -0.141. The van der Waals surface area contributed by atoms with Gasteiger partial charge in [-0.15, -0.1) is 0 Å². The van der Waals surface area contributed by atoms with Gasteiger partial charge in [-0.2, -0.15) is 13.2 Å². The van der Waals surface area contributed by atoms with Crippen molar-refractivity contribution in [2.75, 3.05) is 6.54 Å². The Hall–Kier alpha value is -2.58. The molecule has 1 saturated carbocycles. The summed E-state index contributed by atoms with van der Waals surface area (Å²) in [5.41, 5.74) is -0.426. The van der Waals surface area contributed by atoms with E-state index in [9.17, 15) is 27.6 Å². The van der Waals surface area contributed by atoms with E-state index >= 15 is 0 Å². The number of hydrogen-bond acceptors (Lipinski definition) is 3. The van der Waals surface area contributed by atoms with E-state index in [1.54, 1.807) is 0 Å². The average molecular weight is 398 g/mol. The van der Waals surface area contributed by atoms with Gasteiger partial charge in [0.2, 0.25) is 11.8 Å². The largest absolute Gasteiger partial charge is 0.481 e. The van der Waals surface area contributed by atoms with Crippen molar-refractivity contribution in [3.8, 4) is 0 Å². The number of nitrogens with zero attached hydrogens (tertiary/aromatic N) is 1. The van der Waals surface area contributed by atoms with E-state index in [0.717, 1.165) is 12.1 Å². The maximum absolute atomic E-state index is 12.8. The predicted molar refractivity (Wildman–Crippen MR) is 91.9 cm³/mol. The molecule has 2 aliphatic rings. The number of carbonyl (C=O) groups is 3. The lowest BCUT2D eigenvalue weighted by atomic mass is 10.1. The van der Waals surface area contributed by atoms with Crippen LogP contribution in [0.5, 0.6) is 0 Å². The first-order valence-electron chi connectivity index (χ1n) is 9.10. The SMILES string of the molecule is O=C(N[C@H]1CC[C@@H](C(=O)O)C1)C1CC(=O)N(Cc2cccc(C(F)(F)F)c2)C1. The van der Waals surface area contributed by atoms with E-state index in [0.29, 0.717) is 24.8 Å². The molecule has 3 atom stereocenters. The molecule has 2 fully saturated rings. The third-order valence-corrected chi connectivity index (χ3v) is 5.34. The van der Waals surface area contributed by atoms with Gasteiger partial charge in [0.05, 0.1) is 17.4 Å². The monoisotopic (exact) mass is 398 g/mol. The molecule has 0 radical (unpaired) electrons. The van der Waals surface area contributed by atoms with Crippen molar-refractivity contribution in [2.45, 2.75) is 44.4 Å². The molecule has 0 bridgehead atoms. The summed E-state index contributed by atoms with van der Waals surface area (Å²) >= 11 is 0. The van der Waals surface area contributed by atoms with Gasteiger partial charge in [0.25, 0.3) is 0 Å². The number of aliphatic carboxylic acids is 1. The molecule has 2 amide bonds. The minimum Gasteiger partial charge on any atom is -0.481 e. The number of nitrogens with one attached hydrogen (secondary N) is 1. The summed E-state index contributed by atoms with van der Waals surface area (Å²) < 4.78 is 38.5. The first-order chi connectivity index (χ1) is 13.1. The molecule has 1 unspecified atom stereocenters. The first kappa shape index (κ1) is 20.2. The van der Waals surface area contributed by atoms with E-state index < -0.39 is 29.5 Å². The Bertz CT molecular complexity index is 781. The fourth-order valence-corrected chi connectivity index (χ4v) is 3.82. The summed E-state index contributed by atoms with van der Waals surface area (Å²) in [5, 5.41) is 11.8. The molecule has 9 heteroatoms. The minimum absolute atomic E-state index is 0.000125. The molecule has 28 heavy (non-hydrogen) atoms. The molecule has 1 aliphatic carbocycles. The fraction of sp³-hybridized carbons (Fsp3) is 0.526. The lowest BCUT2D eigenvalue weighted by Crippen LogP contribution is -2.38. The van der Waals surface area contributed by atoms with E-state index in [1.165, 1.54) is 17.0 Å². The van der Waals surface area contributed by atoms with Crippen LogP contribution in [0.25, 0.3) is 0 Å². The molecule has 3 rings (SSSR count). The number of halogens is 3. The molecule has 2 N–H and O–H groups in total. The highest BCUT2D eigenvalue weighted by Crippen LogP contribution is 2.31. The van der Waals surface area contributed by atoms with Gasteiger partial charge in [-0.3, -0.25) is 14.4 Å². The highest BCUT2D eigenvalue weighted by molar-refractivity contribution is 5.89. The molecule has 0 spiro atoms. The number of hydrogen-bond donors (Lipinski definition) is 2. The number of benzene rings is 1. The lowest BCUT2D eigenvalue weighted by Gasteiger charge is -2.19. The summed E-state index contributed by atoms with van der Waals surface area (Å²) in [6.07, 6.45) is -3.00. The first-order valence-corrected chi connectivity index (χ1v) is 9.10. The van der Waals surface area contributed by atoms with Crippen LogP contribution >= 0.6 is 0 Å². The fourth-order valence-electron chi connectivity index (χ4n) is 3.82. The number of rotatable bonds is 5. The standard InChI is InChI=1S/C19H21F3N2O4/c20-19(21,22)14-3-1-2-11(6-14)9-24-10-13(8-16(24)25)17(26)23-15-5-4-12(7-15)18(27)28/h1-3,6,12-13,15H,4-5,7-10H2,(H,23,26)(H,27,28)/t12-,13?,15+/m1/s1. The summed E-state index contributed by atoms with van der Waals surface area (Å²) in [6, 6.07) is 4.56. The van der Waals surface area contributed by atoms with Gasteiger partial charge in [0.1, 0.15) is 0 Å². The van der Waals surface area contributed by atoms with Gasteiger partial charge in [-0.1, -0.05) is 12.1 Å². The zero-order valence-corrected chi connectivity index (χ0v) is 15.0. The van der Waals surface area contributed by atoms with E-state index in [2.05, 4.69) is 5.32 Å². The molecule has 1 saturated heterocycles. The normalized spacial score (nSPS) is 25.2. The second-order valence-corrected chi connectivity index (χ2v) is 7.43. The Morgan fingerprint density at radius 1 is 1.21 bits per heavy atom. The van der Waals surface area contributed by atoms with Gasteiger partial charge in [0, 0.05) is 25.6 Å². The van der Waals surface area contributed by atoms with E-state index in [4.69, 9.17) is 5.11 Å². The molecule has 1 aromatic rings. The Kier molecular flexibility index (Phi) is 5.62. The molecular formula is C19H21F3N2O4. The second-order valence-electron chi connectivity index (χ2n) is 7.43. The number of carboxylic acids is 1. The molecule has 1 aromatic carbocycles. The van der Waals surface area contributed by atoms with Gasteiger partial charge >= 0.3 is 12.1 Å². The van der Waals surface area contributed by atoms with Crippen molar-refractivity contribution in [3.05, 3.63) is 35.4 Å². The molecule has 0 aromatic heterocycles.